The number of phenolic OH excluding ortho intramolecular Hbond substituents is 1. The van der Waals surface area contributed by atoms with Gasteiger partial charge in [0.1, 0.15) is 5.75 Å². The number of hydrogen-bond donors (Lipinski definition) is 2. The summed E-state index contributed by atoms with van der Waals surface area (Å²) >= 11 is 0. The molecule has 0 amide bonds. The Labute approximate surface area is 200 Å². The van der Waals surface area contributed by atoms with Crippen LogP contribution in [0.15, 0.2) is 30.5 Å². The van der Waals surface area contributed by atoms with Crippen molar-refractivity contribution in [1.82, 2.24) is 20.1 Å². The molecule has 4 heterocycles. The van der Waals surface area contributed by atoms with Crippen molar-refractivity contribution in [3.63, 3.8) is 0 Å². The molecule has 0 unspecified atom stereocenters. The number of nitrogens with one attached hydrogen (secondary N) is 1. The van der Waals surface area contributed by atoms with E-state index in [0.717, 1.165) is 49.9 Å². The highest BCUT2D eigenvalue weighted by Gasteiger charge is 2.32. The zero-order valence-electron chi connectivity index (χ0n) is 19.5. The number of fused-ring (bicyclic) bond motifs is 2. The van der Waals surface area contributed by atoms with E-state index in [-0.39, 0.29) is 5.56 Å². The first kappa shape index (κ1) is 23.6. The van der Waals surface area contributed by atoms with Crippen LogP contribution in [0.4, 0.5) is 24.7 Å². The molecular formula is C24H27F3N6O2. The average molecular weight is 489 g/mol. The lowest BCUT2D eigenvalue weighted by Crippen LogP contribution is -2.58. The molecule has 2 fully saturated rings. The number of morpholine rings is 1. The Bertz CT molecular complexity index is 1240. The second-order valence-corrected chi connectivity index (χ2v) is 9.11. The number of piperazine rings is 1. The summed E-state index contributed by atoms with van der Waals surface area (Å²) in [6.45, 7) is 8.58. The maximum Gasteiger partial charge on any atom is 0.416 e. The van der Waals surface area contributed by atoms with Gasteiger partial charge in [-0.3, -0.25) is 9.88 Å². The second-order valence-electron chi connectivity index (χ2n) is 9.11. The molecule has 0 aliphatic carbocycles. The fourth-order valence-corrected chi connectivity index (χ4v) is 4.75. The van der Waals surface area contributed by atoms with Crippen LogP contribution in [0.1, 0.15) is 29.8 Å². The van der Waals surface area contributed by atoms with Crippen molar-refractivity contribution in [2.75, 3.05) is 49.6 Å². The number of ether oxygens (including phenoxy) is 1. The molecule has 2 saturated heterocycles. The molecular weight excluding hydrogens is 461 g/mol. The van der Waals surface area contributed by atoms with Gasteiger partial charge in [-0.25, -0.2) is 0 Å². The minimum absolute atomic E-state index is 0.283. The fraction of sp³-hybridized carbons (Fsp3) is 0.458. The maximum atomic E-state index is 13.2. The molecule has 8 nitrogen and oxygen atoms in total. The third-order valence-electron chi connectivity index (χ3n) is 6.69. The van der Waals surface area contributed by atoms with Gasteiger partial charge in [-0.15, -0.1) is 5.10 Å². The summed E-state index contributed by atoms with van der Waals surface area (Å²) in [5, 5.41) is 22.2. The zero-order valence-corrected chi connectivity index (χ0v) is 19.5. The highest BCUT2D eigenvalue weighted by molar-refractivity contribution is 5.92. The summed E-state index contributed by atoms with van der Waals surface area (Å²) in [4.78, 5) is 9.36. The lowest BCUT2D eigenvalue weighted by atomic mass is 10.0. The zero-order chi connectivity index (χ0) is 24.7. The molecule has 1 aromatic carbocycles. The molecule has 11 heteroatoms. The molecule has 0 radical (unpaired) electrons. The number of aryl methyl sites for hydroxylation is 1. The number of phenols is 1. The molecule has 2 N–H and O–H groups in total. The lowest BCUT2D eigenvalue weighted by molar-refractivity contribution is -0.137. The minimum atomic E-state index is -4.56. The molecule has 186 valence electrons. The number of halogens is 3. The maximum absolute atomic E-state index is 13.2. The Balaban J connectivity index is 1.45. The number of rotatable bonds is 4. The van der Waals surface area contributed by atoms with Gasteiger partial charge >= 0.3 is 6.18 Å². The van der Waals surface area contributed by atoms with Crippen LogP contribution in [-0.4, -0.2) is 70.6 Å². The largest absolute Gasteiger partial charge is 0.508 e. The molecule has 0 saturated carbocycles. The topological polar surface area (TPSA) is 86.6 Å². The van der Waals surface area contributed by atoms with Crippen LogP contribution in [0, 0.1) is 6.92 Å². The quantitative estimate of drug-likeness (QED) is 0.574. The van der Waals surface area contributed by atoms with Crippen molar-refractivity contribution in [3.8, 4) is 5.75 Å². The highest BCUT2D eigenvalue weighted by atomic mass is 19.4. The fourth-order valence-electron chi connectivity index (χ4n) is 4.75. The molecule has 0 bridgehead atoms. The molecule has 5 rings (SSSR count). The van der Waals surface area contributed by atoms with E-state index >= 15 is 0 Å². The van der Waals surface area contributed by atoms with Gasteiger partial charge in [-0.1, -0.05) is 0 Å². The Kier molecular flexibility index (Phi) is 6.14. The van der Waals surface area contributed by atoms with Gasteiger partial charge in [0.2, 0.25) is 0 Å². The van der Waals surface area contributed by atoms with E-state index in [4.69, 9.17) is 4.74 Å². The first-order valence-corrected chi connectivity index (χ1v) is 11.6. The van der Waals surface area contributed by atoms with Crippen LogP contribution < -0.4 is 10.2 Å². The number of hydrogen-bond acceptors (Lipinski definition) is 8. The molecule has 35 heavy (non-hydrogen) atoms. The summed E-state index contributed by atoms with van der Waals surface area (Å²) in [6, 6.07) is 4.81. The van der Waals surface area contributed by atoms with E-state index in [9.17, 15) is 18.3 Å². The van der Waals surface area contributed by atoms with E-state index in [1.165, 1.54) is 6.07 Å². The van der Waals surface area contributed by atoms with Crippen LogP contribution >= 0.6 is 0 Å². The standard InChI is InChI=1S/C24H27F3N6O2/c1-14(16-7-17(24(25,26)27)9-20(34)8-16)29-23-21-10-18(11-28-22(21)15(2)30-31-23)33-4-3-32-5-6-35-13-19(32)12-33/h7-11,14,19,34H,3-6,12-13H2,1-2H3,(H,29,31)/t14-,19+/m1/s1. The van der Waals surface area contributed by atoms with E-state index in [1.807, 2.05) is 19.2 Å². The minimum Gasteiger partial charge on any atom is -0.508 e. The van der Waals surface area contributed by atoms with Gasteiger partial charge in [0, 0.05) is 31.6 Å². The number of aromatic hydroxyl groups is 1. The number of anilines is 2. The second kappa shape index (κ2) is 9.12. The number of benzene rings is 1. The van der Waals surface area contributed by atoms with Crippen LogP contribution in [-0.2, 0) is 10.9 Å². The van der Waals surface area contributed by atoms with Crippen LogP contribution in [0.2, 0.25) is 0 Å². The van der Waals surface area contributed by atoms with E-state index in [2.05, 4.69) is 30.3 Å². The van der Waals surface area contributed by atoms with Crippen molar-refractivity contribution in [2.24, 2.45) is 0 Å². The Hall–Kier alpha value is -3.18. The number of pyridine rings is 1. The van der Waals surface area contributed by atoms with Crippen molar-refractivity contribution in [2.45, 2.75) is 32.1 Å². The molecule has 2 aliphatic rings. The molecule has 2 aromatic heterocycles. The summed E-state index contributed by atoms with van der Waals surface area (Å²) in [7, 11) is 0. The Morgan fingerprint density at radius 2 is 1.97 bits per heavy atom. The third kappa shape index (κ3) is 4.83. The van der Waals surface area contributed by atoms with Crippen molar-refractivity contribution in [1.29, 1.82) is 0 Å². The average Bonchev–Trinajstić information content (AvgIpc) is 2.84. The predicted molar refractivity (Wildman–Crippen MR) is 126 cm³/mol. The Morgan fingerprint density at radius 3 is 2.77 bits per heavy atom. The highest BCUT2D eigenvalue weighted by Crippen LogP contribution is 2.35. The van der Waals surface area contributed by atoms with Gasteiger partial charge in [-0.2, -0.15) is 18.3 Å². The van der Waals surface area contributed by atoms with Crippen LogP contribution in [0.3, 0.4) is 0 Å². The monoisotopic (exact) mass is 488 g/mol. The smallest absolute Gasteiger partial charge is 0.416 e. The number of nitrogens with zero attached hydrogens (tertiary/aromatic N) is 5. The van der Waals surface area contributed by atoms with Gasteiger partial charge in [-0.05, 0) is 43.7 Å². The molecule has 0 spiro atoms. The van der Waals surface area contributed by atoms with Gasteiger partial charge in [0.25, 0.3) is 0 Å². The van der Waals surface area contributed by atoms with Gasteiger partial charge in [0.15, 0.2) is 5.82 Å². The number of aromatic nitrogens is 3. The van der Waals surface area contributed by atoms with E-state index in [1.54, 1.807) is 6.92 Å². The summed E-state index contributed by atoms with van der Waals surface area (Å²) in [5.41, 5.74) is 1.65. The van der Waals surface area contributed by atoms with Crippen LogP contribution in [0.5, 0.6) is 5.75 Å². The first-order valence-electron chi connectivity index (χ1n) is 11.6. The SMILES string of the molecule is Cc1nnc(N[C@H](C)c2cc(O)cc(C(F)(F)F)c2)c2cc(N3CCN4CCOC[C@@H]4C3)cnc12. The van der Waals surface area contributed by atoms with Crippen molar-refractivity contribution < 1.29 is 23.0 Å². The summed E-state index contributed by atoms with van der Waals surface area (Å²) in [6.07, 6.45) is -2.73. The van der Waals surface area contributed by atoms with Crippen molar-refractivity contribution >= 4 is 22.4 Å². The summed E-state index contributed by atoms with van der Waals surface area (Å²) in [5.74, 6) is -0.0258. The molecule has 3 aromatic rings. The first-order chi connectivity index (χ1) is 16.7. The van der Waals surface area contributed by atoms with E-state index < -0.39 is 23.5 Å². The Morgan fingerprint density at radius 1 is 1.14 bits per heavy atom. The predicted octanol–water partition coefficient (Wildman–Crippen LogP) is 3.75. The lowest BCUT2D eigenvalue weighted by Gasteiger charge is -2.44. The molecule has 2 aliphatic heterocycles. The molecule has 2 atom stereocenters. The van der Waals surface area contributed by atoms with Gasteiger partial charge < -0.3 is 20.1 Å². The number of alkyl halides is 3. The van der Waals surface area contributed by atoms with E-state index in [0.29, 0.717) is 35.7 Å². The third-order valence-corrected chi connectivity index (χ3v) is 6.69. The normalized spacial score (nSPS) is 20.0. The van der Waals surface area contributed by atoms with Gasteiger partial charge in [0.05, 0.1) is 54.0 Å². The van der Waals surface area contributed by atoms with Crippen LogP contribution in [0.25, 0.3) is 10.9 Å². The summed E-state index contributed by atoms with van der Waals surface area (Å²) < 4.78 is 45.4. The van der Waals surface area contributed by atoms with Crippen molar-refractivity contribution in [3.05, 3.63) is 47.3 Å².